The van der Waals surface area contributed by atoms with E-state index in [1.807, 2.05) is 19.2 Å². The lowest BCUT2D eigenvalue weighted by Crippen LogP contribution is -3.09. The number of rotatable bonds is 6. The van der Waals surface area contributed by atoms with Gasteiger partial charge in [0.2, 0.25) is 10.0 Å². The molecule has 2 aromatic rings. The third-order valence-electron chi connectivity index (χ3n) is 5.25. The van der Waals surface area contributed by atoms with Crippen molar-refractivity contribution < 1.29 is 22.5 Å². The molecule has 1 fully saturated rings. The van der Waals surface area contributed by atoms with Crippen LogP contribution in [-0.4, -0.2) is 63.3 Å². The first-order chi connectivity index (χ1) is 13.8. The highest BCUT2D eigenvalue weighted by Crippen LogP contribution is 2.20. The summed E-state index contributed by atoms with van der Waals surface area (Å²) in [7, 11) is -1.92. The first-order valence-electron chi connectivity index (χ1n) is 9.67. The normalized spacial score (nSPS) is 16.6. The average Bonchev–Trinajstić information content (AvgIpc) is 2.70. The molecule has 29 heavy (non-hydrogen) atoms. The van der Waals surface area contributed by atoms with Crippen molar-refractivity contribution in [1.29, 1.82) is 0 Å². The van der Waals surface area contributed by atoms with Gasteiger partial charge in [-0.2, -0.15) is 4.31 Å². The lowest BCUT2D eigenvalue weighted by molar-refractivity contribution is -0.885. The van der Waals surface area contributed by atoms with E-state index < -0.39 is 15.8 Å². The van der Waals surface area contributed by atoms with Crippen LogP contribution >= 0.6 is 0 Å². The number of piperazine rings is 1. The molecule has 0 aromatic heterocycles. The van der Waals surface area contributed by atoms with Crippen LogP contribution in [-0.2, 0) is 21.4 Å². The quantitative estimate of drug-likeness (QED) is 0.748. The van der Waals surface area contributed by atoms with Crippen molar-refractivity contribution in [2.24, 2.45) is 0 Å². The number of quaternary nitrogens is 1. The number of carbonyl (C=O) groups excluding carboxylic acids is 1. The number of benzene rings is 2. The van der Waals surface area contributed by atoms with Crippen molar-refractivity contribution in [2.75, 3.05) is 39.8 Å². The highest BCUT2D eigenvalue weighted by atomic mass is 32.2. The van der Waals surface area contributed by atoms with Gasteiger partial charge in [0.05, 0.1) is 7.05 Å². The number of halogens is 1. The highest BCUT2D eigenvalue weighted by molar-refractivity contribution is 7.89. The zero-order valence-corrected chi connectivity index (χ0v) is 17.6. The van der Waals surface area contributed by atoms with E-state index in [-0.39, 0.29) is 23.9 Å². The van der Waals surface area contributed by atoms with E-state index in [9.17, 15) is 17.6 Å². The Morgan fingerprint density at radius 3 is 2.31 bits per heavy atom. The van der Waals surface area contributed by atoms with E-state index in [1.54, 1.807) is 4.90 Å². The predicted molar refractivity (Wildman–Crippen MR) is 108 cm³/mol. The Bertz CT molecular complexity index is 973. The topological polar surface area (TPSA) is 62.1 Å². The van der Waals surface area contributed by atoms with Crippen LogP contribution in [0.5, 0.6) is 0 Å². The van der Waals surface area contributed by atoms with Gasteiger partial charge < -0.3 is 9.80 Å². The number of carbonyl (C=O) groups is 1. The van der Waals surface area contributed by atoms with Crippen LogP contribution in [0, 0.1) is 12.7 Å². The third-order valence-corrected chi connectivity index (χ3v) is 7.18. The number of nitrogens with zero attached hydrogens (tertiary/aromatic N) is 2. The smallest absolute Gasteiger partial charge is 0.277 e. The summed E-state index contributed by atoms with van der Waals surface area (Å²) in [6.45, 7) is 4.10. The number of amides is 1. The molecule has 1 saturated heterocycles. The molecule has 0 aliphatic carbocycles. The standard InChI is InChI=1S/C21H26FN3O3S/c1-17-7-3-4-8-18(17)15-23(2)16-21(26)24-11-13-25(14-12-24)29(27,28)20-10-6-5-9-19(20)22/h3-10H,11-16H2,1-2H3/p+1. The molecule has 0 spiro atoms. The molecule has 1 N–H and O–H groups in total. The van der Waals surface area contributed by atoms with Crippen molar-refractivity contribution in [3.63, 3.8) is 0 Å². The second-order valence-corrected chi connectivity index (χ2v) is 9.36. The molecule has 1 heterocycles. The largest absolute Gasteiger partial charge is 0.335 e. The molecular weight excluding hydrogens is 393 g/mol. The Balaban J connectivity index is 1.55. The minimum atomic E-state index is -3.90. The molecule has 1 atom stereocenters. The zero-order chi connectivity index (χ0) is 21.0. The molecule has 0 radical (unpaired) electrons. The Labute approximate surface area is 171 Å². The summed E-state index contributed by atoms with van der Waals surface area (Å²) in [5.41, 5.74) is 2.41. The van der Waals surface area contributed by atoms with E-state index in [0.717, 1.165) is 17.5 Å². The minimum Gasteiger partial charge on any atom is -0.335 e. The maximum Gasteiger partial charge on any atom is 0.277 e. The molecule has 1 amide bonds. The van der Waals surface area contributed by atoms with Gasteiger partial charge in [0, 0.05) is 31.7 Å². The summed E-state index contributed by atoms with van der Waals surface area (Å²) in [5, 5.41) is 0. The average molecular weight is 421 g/mol. The van der Waals surface area contributed by atoms with E-state index in [4.69, 9.17) is 0 Å². The SMILES string of the molecule is Cc1ccccc1C[NH+](C)CC(=O)N1CCN(S(=O)(=O)c2ccccc2F)CC1. The minimum absolute atomic E-state index is 0.000904. The van der Waals surface area contributed by atoms with Gasteiger partial charge in [0.15, 0.2) is 6.54 Å². The maximum absolute atomic E-state index is 13.9. The van der Waals surface area contributed by atoms with E-state index >= 15 is 0 Å². The second-order valence-electron chi connectivity index (χ2n) is 7.45. The molecule has 0 saturated carbocycles. The lowest BCUT2D eigenvalue weighted by Gasteiger charge is -2.34. The van der Waals surface area contributed by atoms with Gasteiger partial charge in [0.25, 0.3) is 5.91 Å². The molecule has 156 valence electrons. The van der Waals surface area contributed by atoms with Gasteiger partial charge in [-0.1, -0.05) is 36.4 Å². The number of nitrogens with one attached hydrogen (secondary N) is 1. The van der Waals surface area contributed by atoms with Crippen molar-refractivity contribution in [1.82, 2.24) is 9.21 Å². The van der Waals surface area contributed by atoms with E-state index in [2.05, 4.69) is 19.1 Å². The van der Waals surface area contributed by atoms with Crippen molar-refractivity contribution in [2.45, 2.75) is 18.4 Å². The van der Waals surface area contributed by atoms with Gasteiger partial charge in [-0.3, -0.25) is 4.79 Å². The lowest BCUT2D eigenvalue weighted by atomic mass is 10.1. The van der Waals surface area contributed by atoms with Crippen LogP contribution in [0.3, 0.4) is 0 Å². The molecule has 6 nitrogen and oxygen atoms in total. The number of hydrogen-bond acceptors (Lipinski definition) is 3. The van der Waals surface area contributed by atoms with Crippen molar-refractivity contribution in [3.8, 4) is 0 Å². The third kappa shape index (κ3) is 5.01. The summed E-state index contributed by atoms with van der Waals surface area (Å²) < 4.78 is 40.5. The molecule has 1 aliphatic rings. The summed E-state index contributed by atoms with van der Waals surface area (Å²) in [6.07, 6.45) is 0. The summed E-state index contributed by atoms with van der Waals surface area (Å²) in [4.78, 5) is 15.1. The van der Waals surface area contributed by atoms with Gasteiger partial charge in [-0.25, -0.2) is 12.8 Å². The molecule has 1 aliphatic heterocycles. The van der Waals surface area contributed by atoms with Crippen LogP contribution < -0.4 is 4.90 Å². The van der Waals surface area contributed by atoms with Crippen molar-refractivity contribution >= 4 is 15.9 Å². The van der Waals surface area contributed by atoms with Crippen molar-refractivity contribution in [3.05, 3.63) is 65.5 Å². The van der Waals surface area contributed by atoms with Gasteiger partial charge in [-0.15, -0.1) is 0 Å². The molecule has 3 rings (SSSR count). The van der Waals surface area contributed by atoms with Gasteiger partial charge >= 0.3 is 0 Å². The molecule has 1 unspecified atom stereocenters. The summed E-state index contributed by atoms with van der Waals surface area (Å²) in [6, 6.07) is 13.5. The molecule has 8 heteroatoms. The van der Waals surface area contributed by atoms with Gasteiger partial charge in [-0.05, 0) is 24.6 Å². The number of likely N-dealkylation sites (N-methyl/N-ethyl adjacent to an activating group) is 1. The Morgan fingerprint density at radius 1 is 1.03 bits per heavy atom. The monoisotopic (exact) mass is 420 g/mol. The Morgan fingerprint density at radius 2 is 1.66 bits per heavy atom. The molecular formula is C21H27FN3O3S+. The maximum atomic E-state index is 13.9. The van der Waals surface area contributed by atoms with E-state index in [0.29, 0.717) is 19.6 Å². The number of hydrogen-bond donors (Lipinski definition) is 1. The summed E-state index contributed by atoms with van der Waals surface area (Å²) in [5.74, 6) is -0.758. The van der Waals surface area contributed by atoms with Crippen LogP contribution in [0.15, 0.2) is 53.4 Å². The van der Waals surface area contributed by atoms with Crippen LogP contribution in [0.25, 0.3) is 0 Å². The second kappa shape index (κ2) is 9.02. The van der Waals surface area contributed by atoms with Gasteiger partial charge in [0.1, 0.15) is 17.3 Å². The first-order valence-corrected chi connectivity index (χ1v) is 11.1. The fourth-order valence-electron chi connectivity index (χ4n) is 3.54. The number of sulfonamides is 1. The van der Waals surface area contributed by atoms with E-state index in [1.165, 1.54) is 33.6 Å². The molecule has 0 bridgehead atoms. The van der Waals surface area contributed by atoms with Crippen LogP contribution in [0.1, 0.15) is 11.1 Å². The predicted octanol–water partition coefficient (Wildman–Crippen LogP) is 0.682. The fourth-order valence-corrected chi connectivity index (χ4v) is 5.02. The fraction of sp³-hybridized carbons (Fsp3) is 0.381. The highest BCUT2D eigenvalue weighted by Gasteiger charge is 2.32. The van der Waals surface area contributed by atoms with Crippen LogP contribution in [0.4, 0.5) is 4.39 Å². The Hall–Kier alpha value is -2.29. The first kappa shape index (κ1) is 21.4. The number of aryl methyl sites for hydroxylation is 1. The summed E-state index contributed by atoms with van der Waals surface area (Å²) >= 11 is 0. The van der Waals surface area contributed by atoms with Crippen LogP contribution in [0.2, 0.25) is 0 Å². The zero-order valence-electron chi connectivity index (χ0n) is 16.8. The molecule has 2 aromatic carbocycles. The Kier molecular flexibility index (Phi) is 6.66.